The molecule has 1 nitrogen and oxygen atoms in total. The molecule has 25 heavy (non-hydrogen) atoms. The Morgan fingerprint density at radius 1 is 0.880 bits per heavy atom. The SMILES string of the molecule is CCCCCc1ccc(-c2ccc(-c3ccc(Cl)nc3)cc2F)cc1. The quantitative estimate of drug-likeness (QED) is 0.345. The van der Waals surface area contributed by atoms with Crippen molar-refractivity contribution >= 4 is 11.6 Å². The van der Waals surface area contributed by atoms with E-state index in [4.69, 9.17) is 11.6 Å². The van der Waals surface area contributed by atoms with Gasteiger partial charge in [0.1, 0.15) is 11.0 Å². The van der Waals surface area contributed by atoms with Gasteiger partial charge in [-0.2, -0.15) is 0 Å². The highest BCUT2D eigenvalue weighted by atomic mass is 35.5. The van der Waals surface area contributed by atoms with Crippen LogP contribution in [-0.2, 0) is 6.42 Å². The summed E-state index contributed by atoms with van der Waals surface area (Å²) >= 11 is 5.80. The zero-order chi connectivity index (χ0) is 17.6. The lowest BCUT2D eigenvalue weighted by Gasteiger charge is -2.08. The Labute approximate surface area is 153 Å². The zero-order valence-corrected chi connectivity index (χ0v) is 15.1. The lowest BCUT2D eigenvalue weighted by molar-refractivity contribution is 0.632. The first-order valence-corrected chi connectivity index (χ1v) is 9.06. The van der Waals surface area contributed by atoms with Crippen molar-refractivity contribution in [2.24, 2.45) is 0 Å². The van der Waals surface area contributed by atoms with Crippen LogP contribution >= 0.6 is 11.6 Å². The molecule has 0 saturated carbocycles. The second-order valence-electron chi connectivity index (χ2n) is 6.22. The Hall–Kier alpha value is -2.19. The fourth-order valence-electron chi connectivity index (χ4n) is 2.91. The second kappa shape index (κ2) is 8.26. The fraction of sp³-hybridized carbons (Fsp3) is 0.227. The van der Waals surface area contributed by atoms with Crippen molar-refractivity contribution in [1.29, 1.82) is 0 Å². The molecule has 1 aromatic heterocycles. The first kappa shape index (κ1) is 17.6. The van der Waals surface area contributed by atoms with Gasteiger partial charge in [-0.1, -0.05) is 67.8 Å². The van der Waals surface area contributed by atoms with Gasteiger partial charge in [-0.05, 0) is 47.7 Å². The maximum atomic E-state index is 14.6. The van der Waals surface area contributed by atoms with E-state index in [0.717, 1.165) is 23.1 Å². The summed E-state index contributed by atoms with van der Waals surface area (Å²) in [6, 6.07) is 17.0. The van der Waals surface area contributed by atoms with E-state index in [-0.39, 0.29) is 5.82 Å². The maximum Gasteiger partial charge on any atom is 0.131 e. The van der Waals surface area contributed by atoms with Crippen LogP contribution in [0.1, 0.15) is 31.7 Å². The molecule has 0 spiro atoms. The van der Waals surface area contributed by atoms with E-state index >= 15 is 0 Å². The maximum absolute atomic E-state index is 14.6. The lowest BCUT2D eigenvalue weighted by Crippen LogP contribution is -1.89. The van der Waals surface area contributed by atoms with Gasteiger partial charge >= 0.3 is 0 Å². The number of benzene rings is 2. The number of hydrogen-bond donors (Lipinski definition) is 0. The van der Waals surface area contributed by atoms with Crippen LogP contribution in [0.5, 0.6) is 0 Å². The summed E-state index contributed by atoms with van der Waals surface area (Å²) in [5, 5.41) is 0.430. The van der Waals surface area contributed by atoms with Gasteiger partial charge in [0.15, 0.2) is 0 Å². The summed E-state index contributed by atoms with van der Waals surface area (Å²) in [7, 11) is 0. The van der Waals surface area contributed by atoms with E-state index in [0.29, 0.717) is 10.7 Å². The number of unbranched alkanes of at least 4 members (excludes halogenated alkanes) is 2. The Morgan fingerprint density at radius 2 is 1.60 bits per heavy atom. The molecule has 0 amide bonds. The molecule has 3 heteroatoms. The van der Waals surface area contributed by atoms with Crippen LogP contribution in [0.3, 0.4) is 0 Å². The largest absolute Gasteiger partial charge is 0.244 e. The minimum absolute atomic E-state index is 0.230. The topological polar surface area (TPSA) is 12.9 Å². The Morgan fingerprint density at radius 3 is 2.24 bits per heavy atom. The summed E-state index contributed by atoms with van der Waals surface area (Å²) in [4.78, 5) is 4.05. The van der Waals surface area contributed by atoms with Gasteiger partial charge in [0, 0.05) is 17.3 Å². The zero-order valence-electron chi connectivity index (χ0n) is 14.3. The minimum atomic E-state index is -0.230. The van der Waals surface area contributed by atoms with Crippen LogP contribution in [-0.4, -0.2) is 4.98 Å². The molecular weight excluding hydrogens is 333 g/mol. The Kier molecular flexibility index (Phi) is 5.83. The van der Waals surface area contributed by atoms with Gasteiger partial charge in [0.05, 0.1) is 0 Å². The normalized spacial score (nSPS) is 10.8. The van der Waals surface area contributed by atoms with Gasteiger partial charge in [-0.3, -0.25) is 0 Å². The molecule has 0 aliphatic carbocycles. The molecule has 0 bridgehead atoms. The molecule has 0 aliphatic rings. The lowest BCUT2D eigenvalue weighted by atomic mass is 9.98. The van der Waals surface area contributed by atoms with Crippen LogP contribution in [0.4, 0.5) is 4.39 Å². The van der Waals surface area contributed by atoms with E-state index in [1.54, 1.807) is 18.3 Å². The predicted octanol–water partition coefficient (Wildman–Crippen LogP) is 6.94. The Bertz CT molecular complexity index is 826. The number of halogens is 2. The van der Waals surface area contributed by atoms with Gasteiger partial charge in [-0.15, -0.1) is 0 Å². The Balaban J connectivity index is 1.79. The first-order valence-electron chi connectivity index (χ1n) is 8.68. The number of aromatic nitrogens is 1. The van der Waals surface area contributed by atoms with Crippen LogP contribution in [0, 0.1) is 5.82 Å². The van der Waals surface area contributed by atoms with Gasteiger partial charge in [-0.25, -0.2) is 9.37 Å². The molecule has 0 saturated heterocycles. The van der Waals surface area contributed by atoms with Crippen molar-refractivity contribution in [1.82, 2.24) is 4.98 Å². The van der Waals surface area contributed by atoms with E-state index in [9.17, 15) is 4.39 Å². The smallest absolute Gasteiger partial charge is 0.131 e. The van der Waals surface area contributed by atoms with Crippen molar-refractivity contribution in [3.8, 4) is 22.3 Å². The summed E-state index contributed by atoms with van der Waals surface area (Å²) in [5.41, 5.74) is 4.47. The number of hydrogen-bond acceptors (Lipinski definition) is 1. The number of pyridine rings is 1. The summed E-state index contributed by atoms with van der Waals surface area (Å²) in [6.45, 7) is 2.20. The summed E-state index contributed by atoms with van der Waals surface area (Å²) in [5.74, 6) is -0.230. The number of rotatable bonds is 6. The second-order valence-corrected chi connectivity index (χ2v) is 6.61. The average Bonchev–Trinajstić information content (AvgIpc) is 2.63. The van der Waals surface area contributed by atoms with E-state index in [2.05, 4.69) is 24.0 Å². The first-order chi connectivity index (χ1) is 12.2. The molecule has 0 atom stereocenters. The molecule has 3 rings (SSSR count). The van der Waals surface area contributed by atoms with Crippen LogP contribution in [0.25, 0.3) is 22.3 Å². The minimum Gasteiger partial charge on any atom is -0.244 e. The highest BCUT2D eigenvalue weighted by molar-refractivity contribution is 6.29. The molecule has 3 aromatic rings. The third kappa shape index (κ3) is 4.46. The van der Waals surface area contributed by atoms with Crippen molar-refractivity contribution in [2.45, 2.75) is 32.6 Å². The molecule has 1 heterocycles. The molecule has 0 aliphatic heterocycles. The molecule has 0 N–H and O–H groups in total. The fourth-order valence-corrected chi connectivity index (χ4v) is 3.02. The molecule has 2 aromatic carbocycles. The van der Waals surface area contributed by atoms with Crippen LogP contribution in [0.2, 0.25) is 5.15 Å². The summed E-state index contributed by atoms with van der Waals surface area (Å²) in [6.07, 6.45) is 6.41. The van der Waals surface area contributed by atoms with Gasteiger partial charge < -0.3 is 0 Å². The van der Waals surface area contributed by atoms with Crippen LogP contribution in [0.15, 0.2) is 60.8 Å². The summed E-state index contributed by atoms with van der Waals surface area (Å²) < 4.78 is 14.6. The highest BCUT2D eigenvalue weighted by Crippen LogP contribution is 2.28. The monoisotopic (exact) mass is 353 g/mol. The predicted molar refractivity (Wildman–Crippen MR) is 103 cm³/mol. The molecule has 0 fully saturated rings. The molecular formula is C22H21ClFN. The van der Waals surface area contributed by atoms with Crippen molar-refractivity contribution in [2.75, 3.05) is 0 Å². The third-order valence-corrected chi connectivity index (χ3v) is 4.59. The number of nitrogens with zero attached hydrogens (tertiary/aromatic N) is 1. The molecule has 0 radical (unpaired) electrons. The molecule has 0 unspecified atom stereocenters. The van der Waals surface area contributed by atoms with Crippen LogP contribution < -0.4 is 0 Å². The van der Waals surface area contributed by atoms with Gasteiger partial charge in [0.25, 0.3) is 0 Å². The average molecular weight is 354 g/mol. The van der Waals surface area contributed by atoms with Crippen molar-refractivity contribution in [3.05, 3.63) is 77.3 Å². The van der Waals surface area contributed by atoms with E-state index in [1.807, 2.05) is 30.3 Å². The van der Waals surface area contributed by atoms with Crippen molar-refractivity contribution < 1.29 is 4.39 Å². The van der Waals surface area contributed by atoms with E-state index < -0.39 is 0 Å². The number of aryl methyl sites for hydroxylation is 1. The van der Waals surface area contributed by atoms with Crippen molar-refractivity contribution in [3.63, 3.8) is 0 Å². The van der Waals surface area contributed by atoms with E-state index in [1.165, 1.54) is 24.8 Å². The molecule has 128 valence electrons. The van der Waals surface area contributed by atoms with Gasteiger partial charge in [0.2, 0.25) is 0 Å². The third-order valence-electron chi connectivity index (χ3n) is 4.36. The highest BCUT2D eigenvalue weighted by Gasteiger charge is 2.08. The standard InChI is InChI=1S/C22H21ClFN/c1-2-3-4-5-16-6-8-17(9-7-16)20-12-10-18(14-21(20)24)19-11-13-22(23)25-15-19/h6-15H,2-5H2,1H3.